The molecule has 0 aliphatic rings. The number of benzene rings is 1. The van der Waals surface area contributed by atoms with Crippen LogP contribution in [0.3, 0.4) is 0 Å². The molecule has 4 nitrogen and oxygen atoms in total. The summed E-state index contributed by atoms with van der Waals surface area (Å²) in [7, 11) is 3.78. The van der Waals surface area contributed by atoms with Crippen molar-refractivity contribution in [3.8, 4) is 0 Å². The first-order valence-electron chi connectivity index (χ1n) is 4.13. The molecule has 0 radical (unpaired) electrons. The molecule has 0 amide bonds. The molecule has 0 aliphatic heterocycles. The van der Waals surface area contributed by atoms with Gasteiger partial charge in [-0.05, 0) is 12.1 Å². The highest BCUT2D eigenvalue weighted by Crippen LogP contribution is 2.26. The van der Waals surface area contributed by atoms with Crippen LogP contribution in [0.2, 0.25) is 0 Å². The van der Waals surface area contributed by atoms with Crippen LogP contribution in [0.1, 0.15) is 0 Å². The Morgan fingerprint density at radius 1 is 1.46 bits per heavy atom. The Labute approximate surface area is 76.3 Å². The van der Waals surface area contributed by atoms with Gasteiger partial charge in [-0.15, -0.1) is 0 Å². The van der Waals surface area contributed by atoms with Gasteiger partial charge in [0.15, 0.2) is 5.82 Å². The lowest BCUT2D eigenvalue weighted by Gasteiger charge is -2.02. The zero-order valence-electron chi connectivity index (χ0n) is 7.70. The van der Waals surface area contributed by atoms with E-state index in [1.807, 2.05) is 32.3 Å². The van der Waals surface area contributed by atoms with Gasteiger partial charge in [0, 0.05) is 19.5 Å². The second-order valence-electron chi connectivity index (χ2n) is 2.96. The van der Waals surface area contributed by atoms with Gasteiger partial charge in [0.25, 0.3) is 0 Å². The molecule has 0 aliphatic carbocycles. The van der Waals surface area contributed by atoms with E-state index in [-0.39, 0.29) is 0 Å². The minimum atomic E-state index is 0.578. The molecule has 2 rings (SSSR count). The monoisotopic (exact) mass is 176 g/mol. The topological polar surface area (TPSA) is 55.9 Å². The predicted molar refractivity (Wildman–Crippen MR) is 54.7 cm³/mol. The number of aryl methyl sites for hydroxylation is 1. The minimum absolute atomic E-state index is 0.578. The van der Waals surface area contributed by atoms with E-state index in [0.717, 1.165) is 16.6 Å². The smallest absolute Gasteiger partial charge is 0.153 e. The highest BCUT2D eigenvalue weighted by atomic mass is 15.3. The van der Waals surface area contributed by atoms with E-state index in [4.69, 9.17) is 5.73 Å². The molecule has 68 valence electrons. The minimum Gasteiger partial charge on any atom is -0.386 e. The van der Waals surface area contributed by atoms with Gasteiger partial charge in [0.2, 0.25) is 0 Å². The lowest BCUT2D eigenvalue weighted by atomic mass is 10.2. The molecule has 0 fully saturated rings. The maximum Gasteiger partial charge on any atom is 0.153 e. The third-order valence-electron chi connectivity index (χ3n) is 2.16. The fourth-order valence-corrected chi connectivity index (χ4v) is 1.57. The van der Waals surface area contributed by atoms with Crippen molar-refractivity contribution in [3.63, 3.8) is 0 Å². The van der Waals surface area contributed by atoms with Crippen molar-refractivity contribution in [1.29, 1.82) is 0 Å². The van der Waals surface area contributed by atoms with Crippen LogP contribution in [0.25, 0.3) is 10.9 Å². The summed E-state index contributed by atoms with van der Waals surface area (Å²) < 4.78 is 1.79. The molecule has 0 spiro atoms. The average molecular weight is 176 g/mol. The van der Waals surface area contributed by atoms with Gasteiger partial charge in [-0.3, -0.25) is 4.68 Å². The van der Waals surface area contributed by atoms with Crippen LogP contribution in [0.5, 0.6) is 0 Å². The van der Waals surface area contributed by atoms with Crippen molar-refractivity contribution in [2.24, 2.45) is 7.05 Å². The van der Waals surface area contributed by atoms with Gasteiger partial charge in [-0.25, -0.2) is 0 Å². The van der Waals surface area contributed by atoms with Gasteiger partial charge in [0.05, 0.1) is 11.2 Å². The molecule has 1 aromatic heterocycles. The van der Waals surface area contributed by atoms with Crippen molar-refractivity contribution in [2.75, 3.05) is 18.1 Å². The highest BCUT2D eigenvalue weighted by molar-refractivity contribution is 5.97. The van der Waals surface area contributed by atoms with Crippen LogP contribution < -0.4 is 11.1 Å². The van der Waals surface area contributed by atoms with Crippen LogP contribution in [0.4, 0.5) is 11.5 Å². The summed E-state index contributed by atoms with van der Waals surface area (Å²) in [5.74, 6) is 0.578. The van der Waals surface area contributed by atoms with Crippen molar-refractivity contribution in [1.82, 2.24) is 9.78 Å². The maximum atomic E-state index is 5.74. The molecule has 0 atom stereocenters. The van der Waals surface area contributed by atoms with E-state index in [1.54, 1.807) is 4.68 Å². The van der Waals surface area contributed by atoms with Crippen LogP contribution in [-0.4, -0.2) is 16.8 Å². The first-order valence-corrected chi connectivity index (χ1v) is 4.13. The number of aromatic nitrogens is 2. The second-order valence-corrected chi connectivity index (χ2v) is 2.96. The lowest BCUT2D eigenvalue weighted by Crippen LogP contribution is -1.95. The predicted octanol–water partition coefficient (Wildman–Crippen LogP) is 1.20. The first-order chi connectivity index (χ1) is 6.24. The summed E-state index contributed by atoms with van der Waals surface area (Å²) in [5, 5.41) is 8.26. The van der Waals surface area contributed by atoms with Crippen LogP contribution in [0.15, 0.2) is 18.2 Å². The molecule has 0 saturated heterocycles. The molecule has 3 N–H and O–H groups in total. The van der Waals surface area contributed by atoms with Crippen LogP contribution in [-0.2, 0) is 7.05 Å². The second kappa shape index (κ2) is 2.65. The summed E-state index contributed by atoms with van der Waals surface area (Å²) in [4.78, 5) is 0. The standard InChI is InChI=1S/C9H12N4/c1-11-7-5-3-4-6-8(7)13(2)12-9(6)10/h3-5,11H,1-2H3,(H2,10,12). The summed E-state index contributed by atoms with van der Waals surface area (Å²) in [6.45, 7) is 0. The maximum absolute atomic E-state index is 5.74. The molecule has 0 bridgehead atoms. The zero-order valence-corrected chi connectivity index (χ0v) is 7.70. The fraction of sp³-hybridized carbons (Fsp3) is 0.222. The summed E-state index contributed by atoms with van der Waals surface area (Å²) in [6, 6.07) is 5.94. The SMILES string of the molecule is CNc1cccc2c(N)nn(C)c12. The Balaban J connectivity index is 2.88. The molecule has 0 saturated carbocycles. The van der Waals surface area contributed by atoms with Crippen LogP contribution >= 0.6 is 0 Å². The van der Waals surface area contributed by atoms with Gasteiger partial charge < -0.3 is 11.1 Å². The molecule has 1 aromatic carbocycles. The van der Waals surface area contributed by atoms with E-state index in [9.17, 15) is 0 Å². The summed E-state index contributed by atoms with van der Waals surface area (Å²) in [5.41, 5.74) is 7.83. The first kappa shape index (κ1) is 7.91. The molecule has 4 heteroatoms. The number of nitrogen functional groups attached to an aromatic ring is 1. The Kier molecular flexibility index (Phi) is 1.62. The number of rotatable bonds is 1. The highest BCUT2D eigenvalue weighted by Gasteiger charge is 2.07. The number of fused-ring (bicyclic) bond motifs is 1. The Hall–Kier alpha value is -1.71. The molecule has 0 unspecified atom stereocenters. The van der Waals surface area contributed by atoms with Gasteiger partial charge in [-0.2, -0.15) is 5.10 Å². The van der Waals surface area contributed by atoms with E-state index in [0.29, 0.717) is 5.82 Å². The molecule has 1 heterocycles. The normalized spacial score (nSPS) is 10.6. The van der Waals surface area contributed by atoms with E-state index in [1.165, 1.54) is 0 Å². The van der Waals surface area contributed by atoms with E-state index >= 15 is 0 Å². The van der Waals surface area contributed by atoms with Gasteiger partial charge in [0.1, 0.15) is 0 Å². The molecule has 13 heavy (non-hydrogen) atoms. The van der Waals surface area contributed by atoms with Crippen molar-refractivity contribution >= 4 is 22.4 Å². The third-order valence-corrected chi connectivity index (χ3v) is 2.16. The Bertz CT molecular complexity index is 444. The number of para-hydroxylation sites is 1. The lowest BCUT2D eigenvalue weighted by molar-refractivity contribution is 0.802. The quantitative estimate of drug-likeness (QED) is 0.686. The molecule has 2 aromatic rings. The number of nitrogens with two attached hydrogens (primary N) is 1. The fourth-order valence-electron chi connectivity index (χ4n) is 1.57. The number of hydrogen-bond acceptors (Lipinski definition) is 3. The molecular formula is C9H12N4. The average Bonchev–Trinajstić information content (AvgIpc) is 2.43. The summed E-state index contributed by atoms with van der Waals surface area (Å²) in [6.07, 6.45) is 0. The third kappa shape index (κ3) is 1.02. The van der Waals surface area contributed by atoms with Crippen LogP contribution in [0, 0.1) is 0 Å². The number of hydrogen-bond donors (Lipinski definition) is 2. The van der Waals surface area contributed by atoms with Crippen molar-refractivity contribution in [3.05, 3.63) is 18.2 Å². The largest absolute Gasteiger partial charge is 0.386 e. The number of nitrogens with zero attached hydrogens (tertiary/aromatic N) is 2. The Morgan fingerprint density at radius 2 is 2.23 bits per heavy atom. The van der Waals surface area contributed by atoms with E-state index in [2.05, 4.69) is 10.4 Å². The van der Waals surface area contributed by atoms with Gasteiger partial charge >= 0.3 is 0 Å². The van der Waals surface area contributed by atoms with Crippen molar-refractivity contribution in [2.45, 2.75) is 0 Å². The van der Waals surface area contributed by atoms with Gasteiger partial charge in [-0.1, -0.05) is 6.07 Å². The molecular weight excluding hydrogens is 164 g/mol. The van der Waals surface area contributed by atoms with E-state index < -0.39 is 0 Å². The van der Waals surface area contributed by atoms with Crippen molar-refractivity contribution < 1.29 is 0 Å². The Morgan fingerprint density at radius 3 is 2.92 bits per heavy atom. The number of anilines is 2. The summed E-state index contributed by atoms with van der Waals surface area (Å²) >= 11 is 0. The number of nitrogens with one attached hydrogen (secondary N) is 1. The zero-order chi connectivity index (χ0) is 9.42.